The third kappa shape index (κ3) is 3.47. The van der Waals surface area contributed by atoms with E-state index < -0.39 is 23.5 Å². The molecule has 3 N–H and O–H groups in total. The van der Waals surface area contributed by atoms with Crippen LogP contribution in [0.5, 0.6) is 0 Å². The second-order valence-corrected chi connectivity index (χ2v) is 4.12. The fourth-order valence-corrected chi connectivity index (χ4v) is 1.51. The van der Waals surface area contributed by atoms with E-state index in [-0.39, 0.29) is 17.1 Å². The Morgan fingerprint density at radius 1 is 1.19 bits per heavy atom. The Morgan fingerprint density at radius 2 is 1.90 bits per heavy atom. The van der Waals surface area contributed by atoms with Crippen molar-refractivity contribution < 1.29 is 22.4 Å². The molecule has 0 saturated heterocycles. The Morgan fingerprint density at radius 3 is 2.43 bits per heavy atom. The van der Waals surface area contributed by atoms with Crippen LogP contribution in [0.1, 0.15) is 16.1 Å². The highest BCUT2D eigenvalue weighted by molar-refractivity contribution is 6.02. The summed E-state index contributed by atoms with van der Waals surface area (Å²) in [6.45, 7) is 0. The number of pyridine rings is 1. The van der Waals surface area contributed by atoms with Gasteiger partial charge in [-0.2, -0.15) is 13.2 Å². The van der Waals surface area contributed by atoms with Crippen molar-refractivity contribution in [1.29, 1.82) is 0 Å². The second kappa shape index (κ2) is 5.39. The maximum Gasteiger partial charge on any atom is 0.417 e. The van der Waals surface area contributed by atoms with Crippen molar-refractivity contribution in [2.24, 2.45) is 0 Å². The number of amides is 1. The van der Waals surface area contributed by atoms with Gasteiger partial charge in [-0.15, -0.1) is 0 Å². The quantitative estimate of drug-likeness (QED) is 0.661. The molecule has 0 aliphatic rings. The van der Waals surface area contributed by atoms with Crippen LogP contribution < -0.4 is 11.1 Å². The lowest BCUT2D eigenvalue weighted by Crippen LogP contribution is -2.15. The van der Waals surface area contributed by atoms with E-state index in [0.29, 0.717) is 6.20 Å². The molecule has 2 aromatic rings. The van der Waals surface area contributed by atoms with Gasteiger partial charge in [0, 0.05) is 11.9 Å². The van der Waals surface area contributed by atoms with E-state index in [9.17, 15) is 22.4 Å². The molecule has 1 amide bonds. The summed E-state index contributed by atoms with van der Waals surface area (Å²) in [6.07, 6.45) is -4.00. The molecule has 0 saturated carbocycles. The lowest BCUT2D eigenvalue weighted by Gasteiger charge is -2.08. The van der Waals surface area contributed by atoms with Gasteiger partial charge in [0.15, 0.2) is 0 Å². The molecule has 0 atom stereocenters. The zero-order valence-electron chi connectivity index (χ0n) is 10.4. The van der Waals surface area contributed by atoms with Gasteiger partial charge in [-0.1, -0.05) is 0 Å². The molecule has 0 fully saturated rings. The lowest BCUT2D eigenvalue weighted by molar-refractivity contribution is -0.137. The van der Waals surface area contributed by atoms with Crippen LogP contribution in [0.2, 0.25) is 0 Å². The van der Waals surface area contributed by atoms with Crippen molar-refractivity contribution in [1.82, 2.24) is 4.98 Å². The molecule has 1 aromatic carbocycles. The first-order chi connectivity index (χ1) is 9.77. The standard InChI is InChI=1S/C13H9F4N3O/c14-9-5-8(18)2-4-10(9)20-12(21)11-3-1-7(6-19-11)13(15,16)17/h1-6H,18H2,(H,20,21). The Bertz CT molecular complexity index is 668. The molecule has 110 valence electrons. The number of nitrogens with one attached hydrogen (secondary N) is 1. The van der Waals surface area contributed by atoms with Crippen molar-refractivity contribution >= 4 is 17.3 Å². The number of carbonyl (C=O) groups excluding carboxylic acids is 1. The second-order valence-electron chi connectivity index (χ2n) is 4.12. The summed E-state index contributed by atoms with van der Waals surface area (Å²) in [5.74, 6) is -1.58. The van der Waals surface area contributed by atoms with E-state index in [0.717, 1.165) is 18.2 Å². The lowest BCUT2D eigenvalue weighted by atomic mass is 10.2. The molecule has 8 heteroatoms. The molecule has 0 spiro atoms. The predicted molar refractivity (Wildman–Crippen MR) is 68.0 cm³/mol. The average molecular weight is 299 g/mol. The van der Waals surface area contributed by atoms with E-state index in [1.807, 2.05) is 0 Å². The Labute approximate surface area is 116 Å². The van der Waals surface area contributed by atoms with Crippen molar-refractivity contribution in [3.63, 3.8) is 0 Å². The molecule has 0 bridgehead atoms. The number of aromatic nitrogens is 1. The highest BCUT2D eigenvalue weighted by Crippen LogP contribution is 2.28. The first-order valence-electron chi connectivity index (χ1n) is 5.67. The number of rotatable bonds is 2. The van der Waals surface area contributed by atoms with Gasteiger partial charge in [-0.3, -0.25) is 9.78 Å². The molecule has 21 heavy (non-hydrogen) atoms. The van der Waals surface area contributed by atoms with Gasteiger partial charge in [-0.25, -0.2) is 4.39 Å². The van der Waals surface area contributed by atoms with E-state index in [4.69, 9.17) is 5.73 Å². The van der Waals surface area contributed by atoms with Crippen LogP contribution in [-0.2, 0) is 6.18 Å². The summed E-state index contributed by atoms with van der Waals surface area (Å²) < 4.78 is 50.6. The van der Waals surface area contributed by atoms with Gasteiger partial charge >= 0.3 is 6.18 Å². The third-order valence-corrected chi connectivity index (χ3v) is 2.56. The van der Waals surface area contributed by atoms with Crippen LogP contribution >= 0.6 is 0 Å². The fraction of sp³-hybridized carbons (Fsp3) is 0.0769. The Hall–Kier alpha value is -2.64. The summed E-state index contributed by atoms with van der Waals surface area (Å²) in [6, 6.07) is 5.26. The number of carbonyl (C=O) groups is 1. The predicted octanol–water partition coefficient (Wildman–Crippen LogP) is 3.07. The minimum absolute atomic E-state index is 0.143. The van der Waals surface area contributed by atoms with E-state index >= 15 is 0 Å². The number of anilines is 2. The number of nitrogen functional groups attached to an aromatic ring is 1. The highest BCUT2D eigenvalue weighted by Gasteiger charge is 2.30. The number of benzene rings is 1. The van der Waals surface area contributed by atoms with Crippen molar-refractivity contribution in [2.75, 3.05) is 11.1 Å². The number of nitrogens with zero attached hydrogens (tertiary/aromatic N) is 1. The topological polar surface area (TPSA) is 68.0 Å². The number of hydrogen-bond donors (Lipinski definition) is 2. The maximum absolute atomic E-state index is 13.5. The van der Waals surface area contributed by atoms with Crippen molar-refractivity contribution in [3.05, 3.63) is 53.6 Å². The smallest absolute Gasteiger partial charge is 0.399 e. The summed E-state index contributed by atoms with van der Waals surface area (Å²) in [4.78, 5) is 15.2. The first-order valence-corrected chi connectivity index (χ1v) is 5.67. The van der Waals surface area contributed by atoms with Crippen LogP contribution in [-0.4, -0.2) is 10.9 Å². The van der Waals surface area contributed by atoms with Crippen LogP contribution in [0.15, 0.2) is 36.5 Å². The van der Waals surface area contributed by atoms with Crippen LogP contribution in [0.4, 0.5) is 28.9 Å². The van der Waals surface area contributed by atoms with Gasteiger partial charge < -0.3 is 11.1 Å². The minimum Gasteiger partial charge on any atom is -0.399 e. The molecule has 4 nitrogen and oxygen atoms in total. The summed E-state index contributed by atoms with van der Waals surface area (Å²) >= 11 is 0. The number of nitrogens with two attached hydrogens (primary N) is 1. The molecular formula is C13H9F4N3O. The van der Waals surface area contributed by atoms with Crippen LogP contribution in [0.25, 0.3) is 0 Å². The zero-order valence-corrected chi connectivity index (χ0v) is 10.4. The van der Waals surface area contributed by atoms with Gasteiger partial charge in [0.1, 0.15) is 11.5 Å². The van der Waals surface area contributed by atoms with Gasteiger partial charge in [0.25, 0.3) is 5.91 Å². The normalized spacial score (nSPS) is 11.2. The molecule has 0 aliphatic heterocycles. The van der Waals surface area contributed by atoms with Gasteiger partial charge in [0.2, 0.25) is 0 Å². The fourth-order valence-electron chi connectivity index (χ4n) is 1.51. The zero-order chi connectivity index (χ0) is 15.6. The van der Waals surface area contributed by atoms with Crippen molar-refractivity contribution in [2.45, 2.75) is 6.18 Å². The Balaban J connectivity index is 2.17. The number of hydrogen-bond acceptors (Lipinski definition) is 3. The van der Waals surface area contributed by atoms with Crippen LogP contribution in [0.3, 0.4) is 0 Å². The molecule has 0 unspecified atom stereocenters. The summed E-state index contributed by atoms with van der Waals surface area (Å²) in [5.41, 5.74) is 4.15. The van der Waals surface area contributed by atoms with Gasteiger partial charge in [-0.05, 0) is 30.3 Å². The van der Waals surface area contributed by atoms with Crippen molar-refractivity contribution in [3.8, 4) is 0 Å². The molecular weight excluding hydrogens is 290 g/mol. The molecule has 1 heterocycles. The average Bonchev–Trinajstić information content (AvgIpc) is 2.41. The van der Waals surface area contributed by atoms with E-state index in [1.54, 1.807) is 0 Å². The monoisotopic (exact) mass is 299 g/mol. The summed E-state index contributed by atoms with van der Waals surface area (Å²) in [7, 11) is 0. The minimum atomic E-state index is -4.54. The molecule has 0 radical (unpaired) electrons. The molecule has 0 aliphatic carbocycles. The highest BCUT2D eigenvalue weighted by atomic mass is 19.4. The van der Waals surface area contributed by atoms with Gasteiger partial charge in [0.05, 0.1) is 11.3 Å². The van der Waals surface area contributed by atoms with Crippen LogP contribution in [0, 0.1) is 5.82 Å². The Kier molecular flexibility index (Phi) is 3.79. The van der Waals surface area contributed by atoms with E-state index in [1.165, 1.54) is 12.1 Å². The molecule has 1 aromatic heterocycles. The SMILES string of the molecule is Nc1ccc(NC(=O)c2ccc(C(F)(F)F)cn2)c(F)c1. The molecule has 2 rings (SSSR count). The first kappa shape index (κ1) is 14.8. The largest absolute Gasteiger partial charge is 0.417 e. The van der Waals surface area contributed by atoms with E-state index in [2.05, 4.69) is 10.3 Å². The number of halogens is 4. The summed E-state index contributed by atoms with van der Waals surface area (Å²) in [5, 5.41) is 2.20. The number of alkyl halides is 3. The third-order valence-electron chi connectivity index (χ3n) is 2.56. The maximum atomic E-state index is 13.5.